The molecule has 0 radical (unpaired) electrons. The zero-order valence-electron chi connectivity index (χ0n) is 14.7. The molecule has 24 heavy (non-hydrogen) atoms. The van der Waals surface area contributed by atoms with Crippen LogP contribution >= 0.6 is 0 Å². The minimum absolute atomic E-state index is 0.589. The van der Waals surface area contributed by atoms with Crippen molar-refractivity contribution in [2.24, 2.45) is 0 Å². The van der Waals surface area contributed by atoms with E-state index in [1.807, 2.05) is 39.0 Å². The van der Waals surface area contributed by atoms with Crippen LogP contribution in [-0.4, -0.2) is 26.6 Å². The van der Waals surface area contributed by atoms with Gasteiger partial charge in [0.25, 0.3) is 0 Å². The first-order valence-corrected chi connectivity index (χ1v) is 8.05. The van der Waals surface area contributed by atoms with Crippen molar-refractivity contribution in [3.05, 3.63) is 41.0 Å². The highest BCUT2D eigenvalue weighted by atomic mass is 16.5. The minimum Gasteiger partial charge on any atom is -0.494 e. The molecule has 0 aliphatic rings. The summed E-state index contributed by atoms with van der Waals surface area (Å²) >= 11 is 0. The first-order chi connectivity index (χ1) is 11.5. The van der Waals surface area contributed by atoms with E-state index in [1.54, 1.807) is 0 Å². The van der Waals surface area contributed by atoms with Crippen molar-refractivity contribution in [1.29, 1.82) is 0 Å². The zero-order valence-corrected chi connectivity index (χ0v) is 14.7. The molecule has 6 heteroatoms. The van der Waals surface area contributed by atoms with Gasteiger partial charge in [-0.1, -0.05) is 0 Å². The molecule has 0 atom stereocenters. The lowest BCUT2D eigenvalue weighted by molar-refractivity contribution is -0.825. The molecule has 0 fully saturated rings. The van der Waals surface area contributed by atoms with Crippen LogP contribution in [0.25, 0.3) is 16.5 Å². The average Bonchev–Trinajstić information content (AvgIpc) is 2.83. The topological polar surface area (TPSA) is 76.8 Å². The molecule has 2 aromatic heterocycles. The first kappa shape index (κ1) is 16.4. The molecule has 3 rings (SSSR count). The van der Waals surface area contributed by atoms with Crippen LogP contribution in [0.5, 0.6) is 5.75 Å². The monoisotopic (exact) mass is 327 g/mol. The molecular formula is C18H23N4O2+. The molecule has 6 nitrogen and oxygen atoms in total. The largest absolute Gasteiger partial charge is 0.494 e. The van der Waals surface area contributed by atoms with Crippen molar-refractivity contribution in [3.8, 4) is 11.4 Å². The first-order valence-electron chi connectivity index (χ1n) is 8.05. The summed E-state index contributed by atoms with van der Waals surface area (Å²) in [6.07, 6.45) is 0. The maximum Gasteiger partial charge on any atom is 0.189 e. The van der Waals surface area contributed by atoms with Crippen molar-refractivity contribution >= 4 is 16.5 Å². The van der Waals surface area contributed by atoms with E-state index in [1.165, 1.54) is 0 Å². The van der Waals surface area contributed by atoms with E-state index >= 15 is 0 Å². The minimum atomic E-state index is 0.589. The summed E-state index contributed by atoms with van der Waals surface area (Å²) < 4.78 is 7.68. The molecule has 0 saturated carbocycles. The van der Waals surface area contributed by atoms with Gasteiger partial charge >= 0.3 is 0 Å². The molecule has 0 saturated heterocycles. The smallest absolute Gasteiger partial charge is 0.189 e. The number of ether oxygens (including phenoxy) is 1. The molecule has 3 aromatic rings. The molecular weight excluding hydrogens is 304 g/mol. The summed E-state index contributed by atoms with van der Waals surface area (Å²) in [5, 5.41) is 20.5. The Labute approximate surface area is 141 Å². The maximum atomic E-state index is 9.72. The lowest BCUT2D eigenvalue weighted by Gasteiger charge is -2.12. The number of nitrogens with two attached hydrogens (primary N) is 1. The predicted octanol–water partition coefficient (Wildman–Crippen LogP) is 2.64. The van der Waals surface area contributed by atoms with Crippen LogP contribution < -0.4 is 10.2 Å². The van der Waals surface area contributed by atoms with Crippen LogP contribution in [0.3, 0.4) is 0 Å². The summed E-state index contributed by atoms with van der Waals surface area (Å²) in [7, 11) is 0. The van der Waals surface area contributed by atoms with E-state index in [0.29, 0.717) is 12.3 Å². The lowest BCUT2D eigenvalue weighted by atomic mass is 10.1. The molecule has 1 aromatic carbocycles. The van der Waals surface area contributed by atoms with Gasteiger partial charge in [0.2, 0.25) is 0 Å². The second-order valence-corrected chi connectivity index (χ2v) is 5.91. The molecule has 0 bridgehead atoms. The zero-order chi connectivity index (χ0) is 17.4. The normalized spacial score (nSPS) is 11.2. The number of nitrogens with zero attached hydrogens (tertiary/aromatic N) is 3. The summed E-state index contributed by atoms with van der Waals surface area (Å²) in [5.41, 5.74) is 6.74. The number of fused-ring (bicyclic) bond motifs is 1. The Morgan fingerprint density at radius 3 is 2.12 bits per heavy atom. The molecule has 0 aliphatic heterocycles. The predicted molar refractivity (Wildman–Crippen MR) is 92.4 cm³/mol. The van der Waals surface area contributed by atoms with Crippen molar-refractivity contribution < 1.29 is 15.4 Å². The third kappa shape index (κ3) is 2.44. The van der Waals surface area contributed by atoms with Crippen LogP contribution in [0.2, 0.25) is 0 Å². The number of rotatable bonds is 4. The van der Waals surface area contributed by atoms with Gasteiger partial charge in [0.1, 0.15) is 11.4 Å². The highest BCUT2D eigenvalue weighted by molar-refractivity contribution is 5.92. The molecule has 0 spiro atoms. The maximum absolute atomic E-state index is 9.72. The number of hydrogen-bond donors (Lipinski definition) is 2. The van der Waals surface area contributed by atoms with Gasteiger partial charge in [0, 0.05) is 28.2 Å². The van der Waals surface area contributed by atoms with Gasteiger partial charge in [0.05, 0.1) is 18.0 Å². The van der Waals surface area contributed by atoms with Crippen LogP contribution in [0.15, 0.2) is 18.2 Å². The summed E-state index contributed by atoms with van der Waals surface area (Å²) in [6, 6.07) is 5.74. The Bertz CT molecular complexity index is 870. The van der Waals surface area contributed by atoms with E-state index in [0.717, 1.165) is 50.5 Å². The van der Waals surface area contributed by atoms with E-state index < -0.39 is 0 Å². The number of aromatic nitrogens is 3. The lowest BCUT2D eigenvalue weighted by Crippen LogP contribution is -2.74. The molecule has 3 N–H and O–H groups in total. The van der Waals surface area contributed by atoms with Crippen molar-refractivity contribution in [2.75, 3.05) is 6.61 Å². The van der Waals surface area contributed by atoms with Gasteiger partial charge in [-0.15, -0.1) is 0 Å². The standard InChI is InChI=1S/C18H22N4O2/c1-6-24-14-7-8-16(15(9-14)21-23)22-12(4)17-10(2)19-20-11(3)18(17)13(22)5/h7-9,21,23H,6H2,1-5H3/p+1. The number of aryl methyl sites for hydroxylation is 4. The van der Waals surface area contributed by atoms with Gasteiger partial charge < -0.3 is 9.30 Å². The molecule has 126 valence electrons. The Balaban J connectivity index is 2.31. The molecule has 0 amide bonds. The Morgan fingerprint density at radius 2 is 1.62 bits per heavy atom. The fourth-order valence-corrected chi connectivity index (χ4v) is 3.43. The van der Waals surface area contributed by atoms with E-state index in [4.69, 9.17) is 4.74 Å². The number of quaternary nitrogens is 1. The van der Waals surface area contributed by atoms with Gasteiger partial charge in [0.15, 0.2) is 5.69 Å². The van der Waals surface area contributed by atoms with Gasteiger partial charge in [-0.2, -0.15) is 15.7 Å². The fourth-order valence-electron chi connectivity index (χ4n) is 3.43. The molecule has 0 unspecified atom stereocenters. The van der Waals surface area contributed by atoms with Gasteiger partial charge in [-0.25, -0.2) is 5.21 Å². The van der Waals surface area contributed by atoms with Crippen LogP contribution in [0.4, 0.5) is 5.69 Å². The second kappa shape index (κ2) is 6.22. The second-order valence-electron chi connectivity index (χ2n) is 5.91. The quantitative estimate of drug-likeness (QED) is 0.570. The van der Waals surface area contributed by atoms with Crippen molar-refractivity contribution in [2.45, 2.75) is 34.6 Å². The fraction of sp³-hybridized carbons (Fsp3) is 0.333. The number of hydrogen-bond acceptors (Lipinski definition) is 4. The highest BCUT2D eigenvalue weighted by Crippen LogP contribution is 2.33. The summed E-state index contributed by atoms with van der Waals surface area (Å²) in [4.78, 5) is 0. The van der Waals surface area contributed by atoms with Crippen LogP contribution in [0.1, 0.15) is 29.7 Å². The Morgan fingerprint density at radius 1 is 1.04 bits per heavy atom. The van der Waals surface area contributed by atoms with E-state index in [-0.39, 0.29) is 0 Å². The molecule has 0 aliphatic carbocycles. The van der Waals surface area contributed by atoms with Gasteiger partial charge in [-0.3, -0.25) is 0 Å². The Kier molecular flexibility index (Phi) is 4.26. The average molecular weight is 327 g/mol. The third-order valence-corrected chi connectivity index (χ3v) is 4.41. The van der Waals surface area contributed by atoms with Crippen molar-refractivity contribution in [3.63, 3.8) is 0 Å². The van der Waals surface area contributed by atoms with E-state index in [2.05, 4.69) is 28.6 Å². The number of benzene rings is 1. The summed E-state index contributed by atoms with van der Waals surface area (Å²) in [6.45, 7) is 10.6. The SMILES string of the molecule is CCOc1ccc(-n2c(C)c3c(C)nnc(C)c3c2C)c([NH2+]O)c1. The molecule has 2 heterocycles. The summed E-state index contributed by atoms with van der Waals surface area (Å²) in [5.74, 6) is 0.740. The van der Waals surface area contributed by atoms with Crippen LogP contribution in [0, 0.1) is 27.7 Å². The third-order valence-electron chi connectivity index (χ3n) is 4.41. The van der Waals surface area contributed by atoms with E-state index in [9.17, 15) is 5.21 Å². The van der Waals surface area contributed by atoms with Crippen LogP contribution in [-0.2, 0) is 0 Å². The Hall–Kier alpha value is -2.44. The van der Waals surface area contributed by atoms with Crippen molar-refractivity contribution in [1.82, 2.24) is 14.8 Å². The highest BCUT2D eigenvalue weighted by Gasteiger charge is 2.20. The van der Waals surface area contributed by atoms with Gasteiger partial charge in [-0.05, 0) is 46.8 Å².